The fourth-order valence-electron chi connectivity index (χ4n) is 2.59. The first-order valence-electron chi connectivity index (χ1n) is 6.76. The number of nitrogens with zero attached hydrogens (tertiary/aromatic N) is 2. The zero-order valence-electron chi connectivity index (χ0n) is 12.7. The molecular weight excluding hydrogens is 278 g/mol. The molecule has 0 spiro atoms. The minimum Gasteiger partial charge on any atom is -0.378 e. The van der Waals surface area contributed by atoms with E-state index in [9.17, 15) is 8.42 Å². The van der Waals surface area contributed by atoms with Crippen LogP contribution in [0, 0.1) is 5.41 Å². The van der Waals surface area contributed by atoms with Crippen molar-refractivity contribution in [2.75, 3.05) is 7.11 Å². The monoisotopic (exact) mass is 301 g/mol. The van der Waals surface area contributed by atoms with E-state index in [1.165, 1.54) is 6.20 Å². The quantitative estimate of drug-likeness (QED) is 0.892. The second-order valence-corrected chi connectivity index (χ2v) is 7.78. The summed E-state index contributed by atoms with van der Waals surface area (Å²) < 4.78 is 34.6. The van der Waals surface area contributed by atoms with Crippen LogP contribution in [0.15, 0.2) is 17.3 Å². The highest BCUT2D eigenvalue weighted by Crippen LogP contribution is 2.51. The van der Waals surface area contributed by atoms with E-state index in [1.54, 1.807) is 18.0 Å². The second-order valence-electron chi connectivity index (χ2n) is 6.07. The summed E-state index contributed by atoms with van der Waals surface area (Å²) in [6, 6.07) is -0.137. The van der Waals surface area contributed by atoms with Crippen LogP contribution in [0.3, 0.4) is 0 Å². The van der Waals surface area contributed by atoms with Crippen LogP contribution in [0.4, 0.5) is 0 Å². The fourth-order valence-corrected chi connectivity index (χ4v) is 3.93. The zero-order valence-corrected chi connectivity index (χ0v) is 13.5. The van der Waals surface area contributed by atoms with Crippen LogP contribution in [0.25, 0.3) is 0 Å². The van der Waals surface area contributed by atoms with E-state index < -0.39 is 10.0 Å². The number of hydrogen-bond donors (Lipinski definition) is 1. The molecule has 1 N–H and O–H groups in total. The Bertz CT molecular complexity index is 594. The van der Waals surface area contributed by atoms with Gasteiger partial charge in [-0.3, -0.25) is 4.68 Å². The normalized spacial score (nSPS) is 29.1. The lowest BCUT2D eigenvalue weighted by atomic mass is 9.56. The lowest BCUT2D eigenvalue weighted by Crippen LogP contribution is -2.68. The Labute approximate surface area is 120 Å². The standard InChI is InChI=1S/C13H23N3O3S/c1-6-16-9-10(8-14-16)20(17,18)15-11-7-13(4,19-5)12(11,2)3/h8-9,11,15H,6-7H2,1-5H3/t11-,13+/m1/s1. The van der Waals surface area contributed by atoms with Crippen LogP contribution in [0.2, 0.25) is 0 Å². The van der Waals surface area contributed by atoms with Gasteiger partial charge >= 0.3 is 0 Å². The lowest BCUT2D eigenvalue weighted by molar-refractivity contribution is -0.175. The predicted molar refractivity (Wildman–Crippen MR) is 75.8 cm³/mol. The molecule has 1 aromatic heterocycles. The minimum atomic E-state index is -3.53. The highest BCUT2D eigenvalue weighted by atomic mass is 32.2. The molecule has 0 unspecified atom stereocenters. The third-order valence-electron chi connectivity index (χ3n) is 4.82. The first kappa shape index (κ1) is 15.5. The maximum Gasteiger partial charge on any atom is 0.243 e. The van der Waals surface area contributed by atoms with Gasteiger partial charge in [-0.25, -0.2) is 13.1 Å². The number of aromatic nitrogens is 2. The SMILES string of the molecule is CCn1cc(S(=O)(=O)N[C@@H]2C[C@](C)(OC)C2(C)C)cn1. The molecule has 0 aliphatic heterocycles. The molecule has 6 nitrogen and oxygen atoms in total. The Balaban J connectivity index is 2.15. The van der Waals surface area contributed by atoms with Gasteiger partial charge in [0, 0.05) is 31.3 Å². The van der Waals surface area contributed by atoms with Gasteiger partial charge in [0.1, 0.15) is 4.90 Å². The summed E-state index contributed by atoms with van der Waals surface area (Å²) in [6.45, 7) is 8.60. The Kier molecular flexibility index (Phi) is 3.73. The van der Waals surface area contributed by atoms with Crippen molar-refractivity contribution in [1.82, 2.24) is 14.5 Å². The summed E-state index contributed by atoms with van der Waals surface area (Å²) in [5, 5.41) is 4.01. The molecule has 2 rings (SSSR count). The zero-order chi connectivity index (χ0) is 15.2. The van der Waals surface area contributed by atoms with E-state index in [2.05, 4.69) is 9.82 Å². The molecule has 0 radical (unpaired) electrons. The molecule has 1 heterocycles. The van der Waals surface area contributed by atoms with Crippen LogP contribution < -0.4 is 4.72 Å². The van der Waals surface area contributed by atoms with Crippen LogP contribution >= 0.6 is 0 Å². The average molecular weight is 301 g/mol. The second kappa shape index (κ2) is 4.82. The molecule has 114 valence electrons. The summed E-state index contributed by atoms with van der Waals surface area (Å²) in [4.78, 5) is 0.209. The maximum absolute atomic E-state index is 12.3. The predicted octanol–water partition coefficient (Wildman–Crippen LogP) is 1.38. The van der Waals surface area contributed by atoms with E-state index in [0.717, 1.165) is 0 Å². The molecule has 2 atom stereocenters. The van der Waals surface area contributed by atoms with Gasteiger partial charge in [0.15, 0.2) is 0 Å². The number of sulfonamides is 1. The van der Waals surface area contributed by atoms with Crippen molar-refractivity contribution in [2.45, 2.75) is 57.2 Å². The maximum atomic E-state index is 12.3. The van der Waals surface area contributed by atoms with E-state index in [4.69, 9.17) is 4.74 Å². The fraction of sp³-hybridized carbons (Fsp3) is 0.769. The highest BCUT2D eigenvalue weighted by molar-refractivity contribution is 7.89. The smallest absolute Gasteiger partial charge is 0.243 e. The van der Waals surface area contributed by atoms with Crippen LogP contribution in [0.5, 0.6) is 0 Å². The molecule has 1 aliphatic rings. The first-order valence-corrected chi connectivity index (χ1v) is 8.24. The van der Waals surface area contributed by atoms with Gasteiger partial charge in [0.05, 0.1) is 11.8 Å². The van der Waals surface area contributed by atoms with E-state index in [-0.39, 0.29) is 22.0 Å². The van der Waals surface area contributed by atoms with Crippen molar-refractivity contribution in [3.63, 3.8) is 0 Å². The highest BCUT2D eigenvalue weighted by Gasteiger charge is 2.58. The molecule has 1 fully saturated rings. The topological polar surface area (TPSA) is 73.2 Å². The van der Waals surface area contributed by atoms with Crippen molar-refractivity contribution < 1.29 is 13.2 Å². The van der Waals surface area contributed by atoms with E-state index >= 15 is 0 Å². The van der Waals surface area contributed by atoms with Crippen LogP contribution in [-0.2, 0) is 21.3 Å². The molecule has 1 saturated carbocycles. The van der Waals surface area contributed by atoms with Crippen LogP contribution in [-0.4, -0.2) is 37.0 Å². The van der Waals surface area contributed by atoms with Gasteiger partial charge in [0.25, 0.3) is 0 Å². The molecule has 1 aromatic rings. The third-order valence-corrected chi connectivity index (χ3v) is 6.25. The molecule has 1 aliphatic carbocycles. The Morgan fingerprint density at radius 2 is 2.15 bits per heavy atom. The lowest BCUT2D eigenvalue weighted by Gasteiger charge is -2.58. The third kappa shape index (κ3) is 2.27. The Hall–Kier alpha value is -0.920. The number of hydrogen-bond acceptors (Lipinski definition) is 4. The number of methoxy groups -OCH3 is 1. The van der Waals surface area contributed by atoms with Crippen molar-refractivity contribution >= 4 is 10.0 Å². The largest absolute Gasteiger partial charge is 0.378 e. The molecule has 20 heavy (non-hydrogen) atoms. The number of ether oxygens (including phenoxy) is 1. The van der Waals surface area contributed by atoms with Gasteiger partial charge in [0.2, 0.25) is 10.0 Å². The molecule has 0 amide bonds. The summed E-state index contributed by atoms with van der Waals surface area (Å²) in [6.07, 6.45) is 3.59. The molecule has 0 bridgehead atoms. The van der Waals surface area contributed by atoms with Crippen molar-refractivity contribution in [3.05, 3.63) is 12.4 Å². The van der Waals surface area contributed by atoms with Gasteiger partial charge < -0.3 is 4.74 Å². The van der Waals surface area contributed by atoms with Crippen molar-refractivity contribution in [3.8, 4) is 0 Å². The summed E-state index contributed by atoms with van der Waals surface area (Å²) in [5.74, 6) is 0. The van der Waals surface area contributed by atoms with E-state index in [0.29, 0.717) is 13.0 Å². The van der Waals surface area contributed by atoms with Crippen LogP contribution in [0.1, 0.15) is 34.1 Å². The van der Waals surface area contributed by atoms with E-state index in [1.807, 2.05) is 27.7 Å². The Morgan fingerprint density at radius 3 is 2.60 bits per heavy atom. The number of rotatable bonds is 5. The number of aryl methyl sites for hydroxylation is 1. The molecule has 0 saturated heterocycles. The average Bonchev–Trinajstić information content (AvgIpc) is 2.87. The Morgan fingerprint density at radius 1 is 1.50 bits per heavy atom. The summed E-state index contributed by atoms with van der Waals surface area (Å²) >= 11 is 0. The summed E-state index contributed by atoms with van der Waals surface area (Å²) in [7, 11) is -1.86. The van der Waals surface area contributed by atoms with Gasteiger partial charge in [-0.1, -0.05) is 13.8 Å². The minimum absolute atomic E-state index is 0.137. The van der Waals surface area contributed by atoms with Gasteiger partial charge in [-0.05, 0) is 20.3 Å². The van der Waals surface area contributed by atoms with Gasteiger partial charge in [-0.15, -0.1) is 0 Å². The van der Waals surface area contributed by atoms with Crippen molar-refractivity contribution in [1.29, 1.82) is 0 Å². The molecule has 0 aromatic carbocycles. The van der Waals surface area contributed by atoms with Gasteiger partial charge in [-0.2, -0.15) is 5.10 Å². The first-order chi connectivity index (χ1) is 9.16. The molecular formula is C13H23N3O3S. The number of nitrogens with one attached hydrogen (secondary N) is 1. The molecule has 7 heteroatoms. The summed E-state index contributed by atoms with van der Waals surface area (Å²) in [5.41, 5.74) is -0.552. The van der Waals surface area contributed by atoms with Crippen molar-refractivity contribution in [2.24, 2.45) is 5.41 Å².